The number of nitrogens with one attached hydrogen (secondary N) is 1. The maximum Gasteiger partial charge on any atom is 0.258 e. The van der Waals surface area contributed by atoms with Gasteiger partial charge in [0.25, 0.3) is 11.5 Å². The van der Waals surface area contributed by atoms with Crippen LogP contribution in [0.25, 0.3) is 22.8 Å². The van der Waals surface area contributed by atoms with Gasteiger partial charge in [-0.05, 0) is 37.3 Å². The number of amides is 1. The zero-order valence-electron chi connectivity index (χ0n) is 18.0. The topological polar surface area (TPSA) is 99.9 Å². The van der Waals surface area contributed by atoms with Gasteiger partial charge in [0.1, 0.15) is 11.5 Å². The molecule has 0 bridgehead atoms. The van der Waals surface area contributed by atoms with Gasteiger partial charge < -0.3 is 9.73 Å². The molecule has 1 aromatic carbocycles. The second kappa shape index (κ2) is 8.12. The molecule has 0 aliphatic carbocycles. The first-order valence-corrected chi connectivity index (χ1v) is 10.2. The van der Waals surface area contributed by atoms with Gasteiger partial charge >= 0.3 is 0 Å². The Bertz CT molecular complexity index is 1490. The number of anilines is 1. The molecule has 0 spiro atoms. The first kappa shape index (κ1) is 20.3. The summed E-state index contributed by atoms with van der Waals surface area (Å²) in [6.07, 6.45) is 6.32. The number of furan rings is 1. The van der Waals surface area contributed by atoms with Crippen LogP contribution in [0.15, 0.2) is 88.7 Å². The molecular formula is C24H20N6O3. The highest BCUT2D eigenvalue weighted by Gasteiger charge is 2.17. The third-order valence-corrected chi connectivity index (χ3v) is 5.15. The normalized spacial score (nSPS) is 11.0. The highest BCUT2D eigenvalue weighted by Crippen LogP contribution is 2.25. The average molecular weight is 440 g/mol. The summed E-state index contributed by atoms with van der Waals surface area (Å²) in [5.74, 6) is 0.669. The molecule has 5 aromatic rings. The SMILES string of the molecule is Cc1ccc(-n2nc(-c3ccco3)cc2NC(=O)c2ccc(=O)n(-c3cnn(C)c3)c2)cc1. The lowest BCUT2D eigenvalue weighted by molar-refractivity contribution is 0.102. The van der Waals surface area contributed by atoms with Crippen LogP contribution >= 0.6 is 0 Å². The van der Waals surface area contributed by atoms with Crippen LogP contribution in [0.5, 0.6) is 0 Å². The van der Waals surface area contributed by atoms with Gasteiger partial charge in [-0.2, -0.15) is 10.2 Å². The Labute approximate surface area is 188 Å². The van der Waals surface area contributed by atoms with Crippen molar-refractivity contribution < 1.29 is 9.21 Å². The number of nitrogens with zero attached hydrogens (tertiary/aromatic N) is 5. The summed E-state index contributed by atoms with van der Waals surface area (Å²) in [7, 11) is 1.76. The van der Waals surface area contributed by atoms with Gasteiger partial charge in [-0.3, -0.25) is 18.8 Å². The van der Waals surface area contributed by atoms with Crippen molar-refractivity contribution in [2.24, 2.45) is 7.05 Å². The molecule has 0 aliphatic heterocycles. The van der Waals surface area contributed by atoms with Crippen LogP contribution in [0.1, 0.15) is 15.9 Å². The van der Waals surface area contributed by atoms with Gasteiger partial charge in [0.15, 0.2) is 5.76 Å². The maximum atomic E-state index is 13.1. The second-order valence-electron chi connectivity index (χ2n) is 7.59. The smallest absolute Gasteiger partial charge is 0.258 e. The number of benzene rings is 1. The van der Waals surface area contributed by atoms with Crippen LogP contribution in [0.2, 0.25) is 0 Å². The van der Waals surface area contributed by atoms with Crippen molar-refractivity contribution in [2.75, 3.05) is 5.32 Å². The fraction of sp³-hybridized carbons (Fsp3) is 0.0833. The zero-order chi connectivity index (χ0) is 22.9. The van der Waals surface area contributed by atoms with Crippen LogP contribution < -0.4 is 10.9 Å². The van der Waals surface area contributed by atoms with Crippen molar-refractivity contribution in [2.45, 2.75) is 6.92 Å². The van der Waals surface area contributed by atoms with Crippen LogP contribution in [0.4, 0.5) is 5.82 Å². The van der Waals surface area contributed by atoms with E-state index in [1.807, 2.05) is 31.2 Å². The number of hydrogen-bond acceptors (Lipinski definition) is 5. The summed E-state index contributed by atoms with van der Waals surface area (Å²) in [5.41, 5.74) is 3.10. The lowest BCUT2D eigenvalue weighted by atomic mass is 10.2. The number of aryl methyl sites for hydroxylation is 2. The largest absolute Gasteiger partial charge is 0.463 e. The van der Waals surface area contributed by atoms with E-state index < -0.39 is 0 Å². The van der Waals surface area contributed by atoms with Crippen molar-refractivity contribution in [3.63, 3.8) is 0 Å². The summed E-state index contributed by atoms with van der Waals surface area (Å²) in [4.78, 5) is 25.5. The third-order valence-electron chi connectivity index (χ3n) is 5.15. The van der Waals surface area contributed by atoms with Gasteiger partial charge in [0.05, 0.1) is 29.4 Å². The molecule has 0 aliphatic rings. The molecule has 1 N–H and O–H groups in total. The molecule has 5 rings (SSSR count). The van der Waals surface area contributed by atoms with Crippen LogP contribution in [0.3, 0.4) is 0 Å². The number of hydrogen-bond donors (Lipinski definition) is 1. The fourth-order valence-corrected chi connectivity index (χ4v) is 3.44. The van der Waals surface area contributed by atoms with Crippen molar-refractivity contribution in [1.82, 2.24) is 24.1 Å². The number of pyridine rings is 1. The minimum atomic E-state index is -0.383. The molecule has 0 unspecified atom stereocenters. The Morgan fingerprint density at radius 2 is 1.85 bits per heavy atom. The Balaban J connectivity index is 1.52. The summed E-state index contributed by atoms with van der Waals surface area (Å²) in [5, 5.41) is 11.6. The molecule has 4 heterocycles. The van der Waals surface area contributed by atoms with Gasteiger partial charge in [0.2, 0.25) is 0 Å². The Hall–Kier alpha value is -4.66. The minimum Gasteiger partial charge on any atom is -0.463 e. The van der Waals surface area contributed by atoms with E-state index in [1.165, 1.54) is 22.9 Å². The molecule has 0 atom stereocenters. The highest BCUT2D eigenvalue weighted by molar-refractivity contribution is 6.04. The van der Waals surface area contributed by atoms with E-state index in [1.54, 1.807) is 53.3 Å². The first-order valence-electron chi connectivity index (χ1n) is 10.2. The molecule has 0 saturated heterocycles. The number of aromatic nitrogens is 5. The third kappa shape index (κ3) is 3.99. The minimum absolute atomic E-state index is 0.260. The summed E-state index contributed by atoms with van der Waals surface area (Å²) in [6, 6.07) is 16.0. The van der Waals surface area contributed by atoms with Crippen molar-refractivity contribution in [1.29, 1.82) is 0 Å². The molecule has 0 saturated carbocycles. The van der Waals surface area contributed by atoms with E-state index >= 15 is 0 Å². The van der Waals surface area contributed by atoms with E-state index in [0.717, 1.165) is 11.3 Å². The molecule has 164 valence electrons. The molecule has 9 nitrogen and oxygen atoms in total. The van der Waals surface area contributed by atoms with Crippen molar-refractivity contribution >= 4 is 11.7 Å². The lowest BCUT2D eigenvalue weighted by Crippen LogP contribution is -2.21. The molecule has 4 aromatic heterocycles. The standard InChI is InChI=1S/C24H20N6O3/c1-16-5-8-18(9-6-16)30-22(12-20(27-30)21-4-3-11-33-21)26-24(32)17-7-10-23(31)29(14-17)19-13-25-28(2)15-19/h3-15H,1-2H3,(H,26,32). The molecular weight excluding hydrogens is 420 g/mol. The van der Waals surface area contributed by atoms with E-state index in [9.17, 15) is 9.59 Å². The van der Waals surface area contributed by atoms with Gasteiger partial charge in [-0.25, -0.2) is 4.68 Å². The van der Waals surface area contributed by atoms with E-state index in [4.69, 9.17) is 4.42 Å². The summed E-state index contributed by atoms with van der Waals surface area (Å²) >= 11 is 0. The highest BCUT2D eigenvalue weighted by atomic mass is 16.3. The molecule has 0 radical (unpaired) electrons. The Morgan fingerprint density at radius 1 is 1.03 bits per heavy atom. The molecule has 9 heteroatoms. The number of carbonyl (C=O) groups excluding carboxylic acids is 1. The number of rotatable bonds is 5. The maximum absolute atomic E-state index is 13.1. The van der Waals surface area contributed by atoms with Gasteiger partial charge in [0, 0.05) is 31.6 Å². The van der Waals surface area contributed by atoms with E-state index in [-0.39, 0.29) is 11.5 Å². The van der Waals surface area contributed by atoms with Gasteiger partial charge in [-0.1, -0.05) is 17.7 Å². The van der Waals surface area contributed by atoms with Crippen LogP contribution in [0, 0.1) is 6.92 Å². The number of carbonyl (C=O) groups is 1. The van der Waals surface area contributed by atoms with E-state index in [0.29, 0.717) is 28.5 Å². The molecule has 33 heavy (non-hydrogen) atoms. The van der Waals surface area contributed by atoms with E-state index in [2.05, 4.69) is 15.5 Å². The lowest BCUT2D eigenvalue weighted by Gasteiger charge is -2.10. The fourth-order valence-electron chi connectivity index (χ4n) is 3.44. The summed E-state index contributed by atoms with van der Waals surface area (Å²) < 4.78 is 10.1. The van der Waals surface area contributed by atoms with Crippen LogP contribution in [-0.4, -0.2) is 30.0 Å². The summed E-state index contributed by atoms with van der Waals surface area (Å²) in [6.45, 7) is 2.00. The predicted molar refractivity (Wildman–Crippen MR) is 123 cm³/mol. The molecule has 1 amide bonds. The average Bonchev–Trinajstić information content (AvgIpc) is 3.56. The van der Waals surface area contributed by atoms with Crippen molar-refractivity contribution in [3.8, 4) is 22.8 Å². The Kier molecular flexibility index (Phi) is 4.98. The van der Waals surface area contributed by atoms with Gasteiger partial charge in [-0.15, -0.1) is 0 Å². The second-order valence-corrected chi connectivity index (χ2v) is 7.59. The Morgan fingerprint density at radius 3 is 2.55 bits per heavy atom. The van der Waals surface area contributed by atoms with Crippen molar-refractivity contribution in [3.05, 3.63) is 101 Å². The van der Waals surface area contributed by atoms with Crippen LogP contribution in [-0.2, 0) is 7.05 Å². The zero-order valence-corrected chi connectivity index (χ0v) is 18.0. The predicted octanol–water partition coefficient (Wildman–Crippen LogP) is 3.58. The quantitative estimate of drug-likeness (QED) is 0.450. The first-order chi connectivity index (χ1) is 16.0. The monoisotopic (exact) mass is 440 g/mol. The molecule has 0 fully saturated rings.